The van der Waals surface area contributed by atoms with Crippen molar-refractivity contribution < 1.29 is 18.0 Å². The van der Waals surface area contributed by atoms with Gasteiger partial charge in [0.25, 0.3) is 21.7 Å². The molecule has 0 aliphatic carbocycles. The lowest BCUT2D eigenvalue weighted by Gasteiger charge is -2.11. The number of rotatable bonds is 3. The maximum Gasteiger partial charge on any atom is 0.296 e. The van der Waals surface area contributed by atoms with Crippen molar-refractivity contribution in [3.63, 3.8) is 0 Å². The molecule has 1 aliphatic rings. The van der Waals surface area contributed by atoms with Crippen LogP contribution in [0.3, 0.4) is 0 Å². The number of carbonyl (C=O) groups excluding carboxylic acids is 2. The van der Waals surface area contributed by atoms with E-state index in [-0.39, 0.29) is 10.5 Å². The van der Waals surface area contributed by atoms with Gasteiger partial charge >= 0.3 is 0 Å². The van der Waals surface area contributed by atoms with E-state index in [9.17, 15) is 18.0 Å². The van der Waals surface area contributed by atoms with Gasteiger partial charge in [-0.25, -0.2) is 8.42 Å². The standard InChI is InChI=1S/C15H12N2O4S/c1-9-4-2-3-5-12(9)17-22(20,21)10-6-7-13-11(8-10)14(18)15(19)16-13/h2-8,17H,1H3,(H,16,18,19). The second-order valence-corrected chi connectivity index (χ2v) is 6.59. The number of anilines is 2. The number of ketones is 1. The topological polar surface area (TPSA) is 92.3 Å². The fourth-order valence-corrected chi connectivity index (χ4v) is 3.34. The Morgan fingerprint density at radius 3 is 2.50 bits per heavy atom. The van der Waals surface area contributed by atoms with Gasteiger partial charge in [-0.05, 0) is 36.8 Å². The van der Waals surface area contributed by atoms with E-state index in [4.69, 9.17) is 0 Å². The molecule has 0 spiro atoms. The van der Waals surface area contributed by atoms with Gasteiger partial charge < -0.3 is 5.32 Å². The molecule has 0 bridgehead atoms. The molecule has 2 aromatic rings. The number of fused-ring (bicyclic) bond motifs is 1. The number of benzene rings is 2. The number of Topliss-reactive ketones (excluding diaryl/α,β-unsaturated/α-hetero) is 1. The molecule has 112 valence electrons. The van der Waals surface area contributed by atoms with Crippen molar-refractivity contribution in [2.24, 2.45) is 0 Å². The van der Waals surface area contributed by atoms with Gasteiger partial charge in [0.1, 0.15) is 0 Å². The molecule has 0 fully saturated rings. The van der Waals surface area contributed by atoms with E-state index in [2.05, 4.69) is 10.0 Å². The fraction of sp³-hybridized carbons (Fsp3) is 0.0667. The van der Waals surface area contributed by atoms with Crippen molar-refractivity contribution >= 4 is 33.1 Å². The molecule has 0 aromatic heterocycles. The lowest BCUT2D eigenvalue weighted by atomic mass is 10.1. The third-order valence-electron chi connectivity index (χ3n) is 3.39. The summed E-state index contributed by atoms with van der Waals surface area (Å²) in [5.41, 5.74) is 1.63. The summed E-state index contributed by atoms with van der Waals surface area (Å²) in [4.78, 5) is 22.9. The van der Waals surface area contributed by atoms with Gasteiger partial charge in [0.15, 0.2) is 0 Å². The molecule has 1 aliphatic heterocycles. The van der Waals surface area contributed by atoms with Crippen LogP contribution in [-0.4, -0.2) is 20.1 Å². The van der Waals surface area contributed by atoms with E-state index in [1.807, 2.05) is 0 Å². The number of para-hydroxylation sites is 1. The van der Waals surface area contributed by atoms with Gasteiger partial charge in [-0.15, -0.1) is 0 Å². The molecular weight excluding hydrogens is 304 g/mol. The van der Waals surface area contributed by atoms with Crippen LogP contribution in [0.1, 0.15) is 15.9 Å². The smallest absolute Gasteiger partial charge is 0.296 e. The van der Waals surface area contributed by atoms with E-state index in [1.165, 1.54) is 18.2 Å². The molecule has 0 saturated heterocycles. The zero-order valence-electron chi connectivity index (χ0n) is 11.6. The predicted octanol–water partition coefficient (Wildman–Crippen LogP) is 1.93. The third-order valence-corrected chi connectivity index (χ3v) is 4.75. The zero-order chi connectivity index (χ0) is 15.9. The summed E-state index contributed by atoms with van der Waals surface area (Å²) >= 11 is 0. The Hall–Kier alpha value is -2.67. The van der Waals surface area contributed by atoms with Crippen molar-refractivity contribution in [2.75, 3.05) is 10.0 Å². The normalized spacial score (nSPS) is 13.7. The minimum Gasteiger partial charge on any atom is -0.318 e. The highest BCUT2D eigenvalue weighted by Crippen LogP contribution is 2.27. The SMILES string of the molecule is Cc1ccccc1NS(=O)(=O)c1ccc2c(c1)C(=O)C(=O)N2. The molecular formula is C15H12N2O4S. The Bertz CT molecular complexity index is 904. The molecule has 2 aromatic carbocycles. The van der Waals surface area contributed by atoms with Crippen LogP contribution < -0.4 is 10.0 Å². The molecule has 22 heavy (non-hydrogen) atoms. The Morgan fingerprint density at radius 1 is 1.05 bits per heavy atom. The molecule has 1 amide bonds. The van der Waals surface area contributed by atoms with Crippen molar-refractivity contribution in [3.05, 3.63) is 53.6 Å². The summed E-state index contributed by atoms with van der Waals surface area (Å²) in [5, 5.41) is 2.38. The van der Waals surface area contributed by atoms with Crippen LogP contribution in [0.5, 0.6) is 0 Å². The first kappa shape index (κ1) is 14.3. The van der Waals surface area contributed by atoms with Crippen LogP contribution in [0.2, 0.25) is 0 Å². The Kier molecular flexibility index (Phi) is 3.22. The zero-order valence-corrected chi connectivity index (χ0v) is 12.4. The lowest BCUT2D eigenvalue weighted by molar-refractivity contribution is -0.112. The van der Waals surface area contributed by atoms with Crippen LogP contribution in [-0.2, 0) is 14.8 Å². The summed E-state index contributed by atoms with van der Waals surface area (Å²) < 4.78 is 27.3. The molecule has 0 unspecified atom stereocenters. The van der Waals surface area contributed by atoms with Crippen molar-refractivity contribution in [2.45, 2.75) is 11.8 Å². The maximum absolute atomic E-state index is 12.4. The van der Waals surface area contributed by atoms with E-state index >= 15 is 0 Å². The van der Waals surface area contributed by atoms with Gasteiger partial charge in [0.05, 0.1) is 21.8 Å². The Morgan fingerprint density at radius 2 is 1.77 bits per heavy atom. The molecule has 0 radical (unpaired) electrons. The first-order chi connectivity index (χ1) is 10.4. The lowest BCUT2D eigenvalue weighted by Crippen LogP contribution is -2.14. The summed E-state index contributed by atoms with van der Waals surface area (Å²) in [6, 6.07) is 10.9. The largest absolute Gasteiger partial charge is 0.318 e. The Balaban J connectivity index is 1.99. The monoisotopic (exact) mass is 316 g/mol. The van der Waals surface area contributed by atoms with Gasteiger partial charge in [-0.1, -0.05) is 18.2 Å². The highest BCUT2D eigenvalue weighted by Gasteiger charge is 2.29. The van der Waals surface area contributed by atoms with Gasteiger partial charge in [0.2, 0.25) is 0 Å². The molecule has 0 atom stereocenters. The highest BCUT2D eigenvalue weighted by atomic mass is 32.2. The van der Waals surface area contributed by atoms with E-state index in [1.54, 1.807) is 31.2 Å². The summed E-state index contributed by atoms with van der Waals surface area (Å²) in [7, 11) is -3.84. The minimum absolute atomic E-state index is 0.0673. The molecule has 7 heteroatoms. The van der Waals surface area contributed by atoms with Crippen LogP contribution in [0.4, 0.5) is 11.4 Å². The number of amides is 1. The van der Waals surface area contributed by atoms with Crippen LogP contribution >= 0.6 is 0 Å². The molecule has 6 nitrogen and oxygen atoms in total. The summed E-state index contributed by atoms with van der Waals surface area (Å²) in [5.74, 6) is -1.49. The average Bonchev–Trinajstić information content (AvgIpc) is 2.76. The third kappa shape index (κ3) is 2.35. The Labute approximate surface area is 127 Å². The fourth-order valence-electron chi connectivity index (χ4n) is 2.18. The number of carbonyl (C=O) groups is 2. The molecule has 0 saturated carbocycles. The van der Waals surface area contributed by atoms with E-state index < -0.39 is 21.7 Å². The maximum atomic E-state index is 12.4. The van der Waals surface area contributed by atoms with Gasteiger partial charge in [-0.2, -0.15) is 0 Å². The highest BCUT2D eigenvalue weighted by molar-refractivity contribution is 7.92. The van der Waals surface area contributed by atoms with E-state index in [0.717, 1.165) is 5.56 Å². The van der Waals surface area contributed by atoms with Crippen LogP contribution in [0, 0.1) is 6.92 Å². The van der Waals surface area contributed by atoms with Crippen molar-refractivity contribution in [1.29, 1.82) is 0 Å². The van der Waals surface area contributed by atoms with Crippen LogP contribution in [0.25, 0.3) is 0 Å². The first-order valence-electron chi connectivity index (χ1n) is 6.47. The predicted molar refractivity (Wildman–Crippen MR) is 81.4 cm³/mol. The second-order valence-electron chi connectivity index (χ2n) is 4.91. The number of nitrogens with one attached hydrogen (secondary N) is 2. The van der Waals surface area contributed by atoms with Crippen LogP contribution in [0.15, 0.2) is 47.4 Å². The van der Waals surface area contributed by atoms with Gasteiger partial charge in [0, 0.05) is 0 Å². The number of hydrogen-bond acceptors (Lipinski definition) is 4. The summed E-state index contributed by atoms with van der Waals surface area (Å²) in [6.07, 6.45) is 0. The number of sulfonamides is 1. The number of hydrogen-bond donors (Lipinski definition) is 2. The van der Waals surface area contributed by atoms with Crippen molar-refractivity contribution in [3.8, 4) is 0 Å². The quantitative estimate of drug-likeness (QED) is 0.846. The molecule has 2 N–H and O–H groups in total. The molecule has 3 rings (SSSR count). The minimum atomic E-state index is -3.84. The second kappa shape index (κ2) is 4.96. The average molecular weight is 316 g/mol. The first-order valence-corrected chi connectivity index (χ1v) is 7.95. The van der Waals surface area contributed by atoms with Gasteiger partial charge in [-0.3, -0.25) is 14.3 Å². The van der Waals surface area contributed by atoms with Crippen molar-refractivity contribution in [1.82, 2.24) is 0 Å². The van der Waals surface area contributed by atoms with E-state index in [0.29, 0.717) is 11.4 Å². The number of aryl methyl sites for hydroxylation is 1. The molecule has 1 heterocycles. The summed E-state index contributed by atoms with van der Waals surface area (Å²) in [6.45, 7) is 1.78.